The topological polar surface area (TPSA) is 95.9 Å². The van der Waals surface area contributed by atoms with Gasteiger partial charge in [0.25, 0.3) is 0 Å². The van der Waals surface area contributed by atoms with Crippen LogP contribution in [0, 0.1) is 0 Å². The summed E-state index contributed by atoms with van der Waals surface area (Å²) in [6.45, 7) is 4.86. The minimum absolute atomic E-state index is 0.00502. The van der Waals surface area contributed by atoms with Gasteiger partial charge in [0.1, 0.15) is 0 Å². The highest BCUT2D eigenvalue weighted by Gasteiger charge is 2.18. The third-order valence-electron chi connectivity index (χ3n) is 14.9. The van der Waals surface area contributed by atoms with Gasteiger partial charge in [0, 0.05) is 12.8 Å². The molecule has 3 N–H and O–H groups in total. The van der Waals surface area contributed by atoms with Crippen molar-refractivity contribution in [2.45, 2.75) is 360 Å². The molecule has 0 aromatic rings. The normalized spacial score (nSPS) is 12.8. The Bertz CT molecular complexity index is 1170. The van der Waals surface area contributed by atoms with Crippen molar-refractivity contribution in [1.29, 1.82) is 0 Å². The summed E-state index contributed by atoms with van der Waals surface area (Å²) in [6, 6.07) is -0.623. The Morgan fingerprint density at radius 1 is 0.389 bits per heavy atom. The molecule has 6 heteroatoms. The van der Waals surface area contributed by atoms with Crippen LogP contribution in [0.15, 0.2) is 36.5 Å². The number of aliphatic hydroxyl groups excluding tert-OH is 2. The van der Waals surface area contributed by atoms with E-state index in [2.05, 4.69) is 43.5 Å². The highest BCUT2D eigenvalue weighted by molar-refractivity contribution is 5.76. The number of hydrogen-bond donors (Lipinski definition) is 3. The van der Waals surface area contributed by atoms with Gasteiger partial charge in [0.2, 0.25) is 5.91 Å². The van der Waals surface area contributed by atoms with E-state index in [4.69, 9.17) is 4.74 Å². The molecule has 0 heterocycles. The van der Waals surface area contributed by atoms with Crippen LogP contribution in [0.3, 0.4) is 0 Å². The molecular formula is C66H125NO5. The molecule has 0 spiro atoms. The second-order valence-electron chi connectivity index (χ2n) is 22.1. The molecule has 2 atom stereocenters. The van der Waals surface area contributed by atoms with Gasteiger partial charge in [-0.3, -0.25) is 9.59 Å². The van der Waals surface area contributed by atoms with Gasteiger partial charge >= 0.3 is 5.97 Å². The number of amides is 1. The summed E-state index contributed by atoms with van der Waals surface area (Å²) in [5, 5.41) is 23.0. The van der Waals surface area contributed by atoms with Crippen LogP contribution in [0.4, 0.5) is 0 Å². The fourth-order valence-electron chi connectivity index (χ4n) is 9.95. The maximum Gasteiger partial charge on any atom is 0.305 e. The minimum atomic E-state index is -0.840. The molecule has 0 aliphatic rings. The number of esters is 1. The number of ether oxygens (including phenoxy) is 1. The molecule has 2 unspecified atom stereocenters. The Morgan fingerprint density at radius 3 is 1.10 bits per heavy atom. The van der Waals surface area contributed by atoms with Crippen LogP contribution in [-0.4, -0.2) is 47.4 Å². The largest absolute Gasteiger partial charge is 0.466 e. The zero-order valence-electron chi connectivity index (χ0n) is 48.4. The Labute approximate surface area is 449 Å². The van der Waals surface area contributed by atoms with Gasteiger partial charge in [-0.1, -0.05) is 314 Å². The second-order valence-corrected chi connectivity index (χ2v) is 22.1. The molecule has 0 aromatic carbocycles. The zero-order valence-corrected chi connectivity index (χ0v) is 48.4. The lowest BCUT2D eigenvalue weighted by Gasteiger charge is -2.20. The van der Waals surface area contributed by atoms with Crippen molar-refractivity contribution in [2.75, 3.05) is 13.2 Å². The van der Waals surface area contributed by atoms with Crippen molar-refractivity contribution in [2.24, 2.45) is 0 Å². The van der Waals surface area contributed by atoms with E-state index in [1.807, 2.05) is 6.08 Å². The van der Waals surface area contributed by atoms with E-state index in [9.17, 15) is 19.8 Å². The number of hydrogen-bond acceptors (Lipinski definition) is 5. The van der Waals surface area contributed by atoms with Gasteiger partial charge in [0.15, 0.2) is 0 Å². The maximum absolute atomic E-state index is 12.4. The van der Waals surface area contributed by atoms with E-state index in [1.54, 1.807) is 6.08 Å². The number of allylic oxidation sites excluding steroid dienone is 5. The predicted octanol–water partition coefficient (Wildman–Crippen LogP) is 20.4. The predicted molar refractivity (Wildman–Crippen MR) is 315 cm³/mol. The fourth-order valence-corrected chi connectivity index (χ4v) is 9.95. The number of nitrogens with one attached hydrogen (secondary N) is 1. The van der Waals surface area contributed by atoms with Crippen molar-refractivity contribution in [3.63, 3.8) is 0 Å². The minimum Gasteiger partial charge on any atom is -0.466 e. The lowest BCUT2D eigenvalue weighted by atomic mass is 10.0. The van der Waals surface area contributed by atoms with Crippen molar-refractivity contribution >= 4 is 11.9 Å². The third kappa shape index (κ3) is 57.4. The molecule has 0 aliphatic carbocycles. The quantitative estimate of drug-likeness (QED) is 0.0320. The number of carbonyl (C=O) groups is 2. The second kappa shape index (κ2) is 61.6. The molecule has 0 aromatic heterocycles. The van der Waals surface area contributed by atoms with Gasteiger partial charge in [-0.15, -0.1) is 0 Å². The third-order valence-corrected chi connectivity index (χ3v) is 14.9. The van der Waals surface area contributed by atoms with Gasteiger partial charge < -0.3 is 20.3 Å². The molecular weight excluding hydrogens is 887 g/mol. The average molecular weight is 1010 g/mol. The van der Waals surface area contributed by atoms with Crippen LogP contribution < -0.4 is 5.32 Å². The van der Waals surface area contributed by atoms with Crippen LogP contribution in [0.1, 0.15) is 348 Å². The Balaban J connectivity index is 3.33. The molecule has 6 nitrogen and oxygen atoms in total. The summed E-state index contributed by atoms with van der Waals surface area (Å²) >= 11 is 0. The summed E-state index contributed by atoms with van der Waals surface area (Å²) in [6.07, 6.45) is 77.8. The van der Waals surface area contributed by atoms with Crippen LogP contribution in [0.25, 0.3) is 0 Å². The molecule has 0 aliphatic heterocycles. The fraction of sp³-hybridized carbons (Fsp3) is 0.879. The van der Waals surface area contributed by atoms with Gasteiger partial charge in [0.05, 0.1) is 25.4 Å². The average Bonchev–Trinajstić information content (AvgIpc) is 3.38. The first kappa shape index (κ1) is 70.1. The van der Waals surface area contributed by atoms with Crippen molar-refractivity contribution in [3.05, 3.63) is 36.5 Å². The SMILES string of the molecule is CCCC/C=C\C/C=C\CCCCCCCC(=O)OCCCCCCCCCCCCCCCCCCCCCCCCCCCCCCCCC(=O)NC(CO)C(O)/C=C/CCCCCCCCCCC. The van der Waals surface area contributed by atoms with Gasteiger partial charge in [-0.2, -0.15) is 0 Å². The molecule has 0 fully saturated rings. The summed E-state index contributed by atoms with van der Waals surface area (Å²) in [5.41, 5.74) is 0. The van der Waals surface area contributed by atoms with Crippen LogP contribution in [-0.2, 0) is 14.3 Å². The Kier molecular flexibility index (Phi) is 60.0. The Hall–Kier alpha value is -1.92. The zero-order chi connectivity index (χ0) is 52.2. The molecule has 0 rings (SSSR count). The van der Waals surface area contributed by atoms with E-state index >= 15 is 0 Å². The molecule has 0 bridgehead atoms. The van der Waals surface area contributed by atoms with Crippen LogP contribution in [0.5, 0.6) is 0 Å². The first-order valence-electron chi connectivity index (χ1n) is 32.3. The summed E-state index contributed by atoms with van der Waals surface area (Å²) in [7, 11) is 0. The smallest absolute Gasteiger partial charge is 0.305 e. The van der Waals surface area contributed by atoms with Crippen LogP contribution in [0.2, 0.25) is 0 Å². The molecule has 0 saturated heterocycles. The van der Waals surface area contributed by atoms with Gasteiger partial charge in [-0.25, -0.2) is 0 Å². The number of carbonyl (C=O) groups excluding carboxylic acids is 2. The van der Waals surface area contributed by atoms with Gasteiger partial charge in [-0.05, 0) is 57.8 Å². The standard InChI is InChI=1S/C66H125NO5/c1-3-5-7-9-11-13-15-16-36-40-44-48-52-56-60-66(71)72-61-57-53-49-45-41-37-34-32-30-28-26-24-22-20-18-17-19-21-23-25-27-29-31-33-35-39-43-47-51-55-59-65(70)67-63(62-68)64(69)58-54-50-46-42-38-14-12-10-8-6-4-2/h9,11,15-16,54,58,63-64,68-69H,3-8,10,12-14,17-53,55-57,59-62H2,1-2H3,(H,67,70)/b11-9-,16-15-,58-54+. The summed E-state index contributed by atoms with van der Waals surface area (Å²) in [4.78, 5) is 24.5. The van der Waals surface area contributed by atoms with E-state index in [-0.39, 0.29) is 18.5 Å². The molecule has 1 amide bonds. The maximum atomic E-state index is 12.4. The highest BCUT2D eigenvalue weighted by atomic mass is 16.5. The van der Waals surface area contributed by atoms with E-state index in [0.29, 0.717) is 19.4 Å². The van der Waals surface area contributed by atoms with Crippen molar-refractivity contribution < 1.29 is 24.5 Å². The van der Waals surface area contributed by atoms with E-state index < -0.39 is 12.1 Å². The Morgan fingerprint density at radius 2 is 0.708 bits per heavy atom. The van der Waals surface area contributed by atoms with Crippen molar-refractivity contribution in [1.82, 2.24) is 5.32 Å². The van der Waals surface area contributed by atoms with Crippen LogP contribution >= 0.6 is 0 Å². The highest BCUT2D eigenvalue weighted by Crippen LogP contribution is 2.18. The number of unbranched alkanes of at least 4 members (excludes halogenated alkanes) is 45. The molecule has 72 heavy (non-hydrogen) atoms. The lowest BCUT2D eigenvalue weighted by Crippen LogP contribution is -2.45. The first-order chi connectivity index (χ1) is 35.5. The molecule has 0 radical (unpaired) electrons. The first-order valence-corrected chi connectivity index (χ1v) is 32.3. The van der Waals surface area contributed by atoms with Crippen molar-refractivity contribution in [3.8, 4) is 0 Å². The van der Waals surface area contributed by atoms with E-state index in [0.717, 1.165) is 51.4 Å². The number of aliphatic hydroxyl groups is 2. The molecule has 424 valence electrons. The monoisotopic (exact) mass is 1010 g/mol. The lowest BCUT2D eigenvalue weighted by molar-refractivity contribution is -0.143. The number of rotatable bonds is 60. The molecule has 0 saturated carbocycles. The summed E-state index contributed by atoms with van der Waals surface area (Å²) < 4.78 is 5.48. The van der Waals surface area contributed by atoms with E-state index in [1.165, 1.54) is 270 Å². The summed E-state index contributed by atoms with van der Waals surface area (Å²) in [5.74, 6) is -0.0595.